The van der Waals surface area contributed by atoms with E-state index in [1.54, 1.807) is 0 Å². The van der Waals surface area contributed by atoms with Crippen molar-refractivity contribution in [1.29, 1.82) is 0 Å². The zero-order valence-corrected chi connectivity index (χ0v) is 9.63. The molecule has 2 unspecified atom stereocenters. The van der Waals surface area contributed by atoms with Crippen molar-refractivity contribution in [3.05, 3.63) is 34.9 Å². The summed E-state index contributed by atoms with van der Waals surface area (Å²) in [7, 11) is 0. The number of Topliss-reactive ketones (excluding diaryl/α,β-unsaturated/α-hetero) is 1. The second kappa shape index (κ2) is 4.36. The summed E-state index contributed by atoms with van der Waals surface area (Å²) in [5.74, 6) is 1.39. The molecule has 2 atom stereocenters. The minimum atomic E-state index is 0.392. The average molecular weight is 223 g/mol. The Balaban J connectivity index is 2.21. The van der Waals surface area contributed by atoms with Crippen LogP contribution >= 0.6 is 11.6 Å². The molecule has 0 amide bonds. The molecule has 2 heteroatoms. The number of halogens is 1. The van der Waals surface area contributed by atoms with Crippen LogP contribution in [-0.4, -0.2) is 5.78 Å². The molecule has 1 aromatic carbocycles. The Morgan fingerprint density at radius 2 is 1.93 bits per heavy atom. The molecule has 0 saturated heterocycles. The van der Waals surface area contributed by atoms with Gasteiger partial charge in [0.25, 0.3) is 0 Å². The lowest BCUT2D eigenvalue weighted by Crippen LogP contribution is -2.21. The standard InChI is InChI=1S/C13H15ClO/c1-9-2-7-12(15)8-13(9)10-3-5-11(14)6-4-10/h3-6,9,13H,2,7-8H2,1H3. The molecule has 0 heterocycles. The van der Waals surface area contributed by atoms with Gasteiger partial charge < -0.3 is 0 Å². The zero-order chi connectivity index (χ0) is 10.8. The smallest absolute Gasteiger partial charge is 0.133 e. The largest absolute Gasteiger partial charge is 0.300 e. The lowest BCUT2D eigenvalue weighted by Gasteiger charge is -2.28. The summed E-state index contributed by atoms with van der Waals surface area (Å²) in [6, 6.07) is 7.90. The van der Waals surface area contributed by atoms with Gasteiger partial charge in [-0.05, 0) is 36.0 Å². The molecule has 1 aliphatic rings. The summed E-state index contributed by atoms with van der Waals surface area (Å²) in [5, 5.41) is 0.758. The van der Waals surface area contributed by atoms with Crippen molar-refractivity contribution in [2.45, 2.75) is 32.1 Å². The maximum atomic E-state index is 11.4. The van der Waals surface area contributed by atoms with Gasteiger partial charge in [-0.15, -0.1) is 0 Å². The fourth-order valence-electron chi connectivity index (χ4n) is 2.29. The van der Waals surface area contributed by atoms with Gasteiger partial charge in [-0.1, -0.05) is 30.7 Å². The van der Waals surface area contributed by atoms with Crippen molar-refractivity contribution < 1.29 is 4.79 Å². The average Bonchev–Trinajstić information content (AvgIpc) is 2.23. The maximum absolute atomic E-state index is 11.4. The molecule has 1 saturated carbocycles. The van der Waals surface area contributed by atoms with Crippen molar-refractivity contribution in [2.24, 2.45) is 5.92 Å². The van der Waals surface area contributed by atoms with Crippen molar-refractivity contribution in [1.82, 2.24) is 0 Å². The first-order valence-electron chi connectivity index (χ1n) is 5.44. The number of hydrogen-bond donors (Lipinski definition) is 0. The summed E-state index contributed by atoms with van der Waals surface area (Å²) in [4.78, 5) is 11.4. The van der Waals surface area contributed by atoms with Gasteiger partial charge in [0, 0.05) is 17.9 Å². The van der Waals surface area contributed by atoms with Crippen LogP contribution in [-0.2, 0) is 4.79 Å². The highest BCUT2D eigenvalue weighted by atomic mass is 35.5. The van der Waals surface area contributed by atoms with E-state index in [0.29, 0.717) is 24.0 Å². The van der Waals surface area contributed by atoms with Crippen LogP contribution in [0, 0.1) is 5.92 Å². The minimum Gasteiger partial charge on any atom is -0.300 e. The molecule has 0 spiro atoms. The summed E-state index contributed by atoms with van der Waals surface area (Å²) in [6.45, 7) is 2.23. The van der Waals surface area contributed by atoms with E-state index in [9.17, 15) is 4.79 Å². The van der Waals surface area contributed by atoms with Crippen LogP contribution in [0.3, 0.4) is 0 Å². The van der Waals surface area contributed by atoms with E-state index in [1.807, 2.05) is 24.3 Å². The van der Waals surface area contributed by atoms with Gasteiger partial charge in [-0.2, -0.15) is 0 Å². The molecule has 1 nitrogen and oxygen atoms in total. The van der Waals surface area contributed by atoms with E-state index in [-0.39, 0.29) is 0 Å². The van der Waals surface area contributed by atoms with Crippen LogP contribution in [0.2, 0.25) is 5.02 Å². The molecular weight excluding hydrogens is 208 g/mol. The predicted octanol–water partition coefficient (Wildman–Crippen LogP) is 3.81. The van der Waals surface area contributed by atoms with E-state index in [1.165, 1.54) is 5.56 Å². The predicted molar refractivity (Wildman–Crippen MR) is 62.2 cm³/mol. The fraction of sp³-hybridized carbons (Fsp3) is 0.462. The fourth-order valence-corrected chi connectivity index (χ4v) is 2.42. The monoisotopic (exact) mass is 222 g/mol. The Kier molecular flexibility index (Phi) is 3.11. The lowest BCUT2D eigenvalue weighted by atomic mass is 9.76. The highest BCUT2D eigenvalue weighted by molar-refractivity contribution is 6.30. The molecular formula is C13H15ClO. The van der Waals surface area contributed by atoms with Crippen LogP contribution in [0.5, 0.6) is 0 Å². The molecule has 0 aliphatic heterocycles. The highest BCUT2D eigenvalue weighted by Gasteiger charge is 2.27. The highest BCUT2D eigenvalue weighted by Crippen LogP contribution is 2.36. The van der Waals surface area contributed by atoms with E-state index < -0.39 is 0 Å². The van der Waals surface area contributed by atoms with Crippen LogP contribution in [0.15, 0.2) is 24.3 Å². The van der Waals surface area contributed by atoms with Gasteiger partial charge in [0.05, 0.1) is 0 Å². The molecule has 2 rings (SSSR count). The Morgan fingerprint density at radius 3 is 2.60 bits per heavy atom. The van der Waals surface area contributed by atoms with E-state index in [2.05, 4.69) is 6.92 Å². The normalized spacial score (nSPS) is 26.7. The van der Waals surface area contributed by atoms with Gasteiger partial charge in [0.15, 0.2) is 0 Å². The van der Waals surface area contributed by atoms with Gasteiger partial charge in [-0.25, -0.2) is 0 Å². The lowest BCUT2D eigenvalue weighted by molar-refractivity contribution is -0.121. The van der Waals surface area contributed by atoms with Gasteiger partial charge in [0.1, 0.15) is 5.78 Å². The van der Waals surface area contributed by atoms with Crippen molar-refractivity contribution in [3.8, 4) is 0 Å². The quantitative estimate of drug-likeness (QED) is 0.706. The van der Waals surface area contributed by atoms with Gasteiger partial charge >= 0.3 is 0 Å². The zero-order valence-electron chi connectivity index (χ0n) is 8.87. The second-order valence-corrected chi connectivity index (χ2v) is 4.85. The third-order valence-electron chi connectivity index (χ3n) is 3.31. The Bertz CT molecular complexity index is 355. The SMILES string of the molecule is CC1CCC(=O)CC1c1ccc(Cl)cc1. The molecule has 1 aromatic rings. The van der Waals surface area contributed by atoms with Crippen LogP contribution < -0.4 is 0 Å². The van der Waals surface area contributed by atoms with E-state index in [4.69, 9.17) is 11.6 Å². The molecule has 1 aliphatic carbocycles. The number of hydrogen-bond acceptors (Lipinski definition) is 1. The first kappa shape index (κ1) is 10.7. The Morgan fingerprint density at radius 1 is 1.27 bits per heavy atom. The number of benzene rings is 1. The molecule has 0 radical (unpaired) electrons. The van der Waals surface area contributed by atoms with Crippen LogP contribution in [0.1, 0.15) is 37.7 Å². The molecule has 0 aromatic heterocycles. The van der Waals surface area contributed by atoms with E-state index in [0.717, 1.165) is 17.9 Å². The minimum absolute atomic E-state index is 0.392. The summed E-state index contributed by atoms with van der Waals surface area (Å²) in [5.41, 5.74) is 1.25. The molecule has 0 N–H and O–H groups in total. The third-order valence-corrected chi connectivity index (χ3v) is 3.56. The second-order valence-electron chi connectivity index (χ2n) is 4.42. The third kappa shape index (κ3) is 2.40. The summed E-state index contributed by atoms with van der Waals surface area (Å²) in [6.07, 6.45) is 2.47. The Hall–Kier alpha value is -0.820. The molecule has 80 valence electrons. The Labute approximate surface area is 95.4 Å². The first-order chi connectivity index (χ1) is 7.16. The number of rotatable bonds is 1. The van der Waals surface area contributed by atoms with Crippen molar-refractivity contribution >= 4 is 17.4 Å². The first-order valence-corrected chi connectivity index (χ1v) is 5.82. The number of carbonyl (C=O) groups is 1. The summed E-state index contributed by atoms with van der Waals surface area (Å²) >= 11 is 5.85. The number of ketones is 1. The van der Waals surface area contributed by atoms with E-state index >= 15 is 0 Å². The topological polar surface area (TPSA) is 17.1 Å². The van der Waals surface area contributed by atoms with Crippen LogP contribution in [0.4, 0.5) is 0 Å². The van der Waals surface area contributed by atoms with Gasteiger partial charge in [-0.3, -0.25) is 4.79 Å². The molecule has 15 heavy (non-hydrogen) atoms. The molecule has 1 fully saturated rings. The maximum Gasteiger partial charge on any atom is 0.133 e. The van der Waals surface area contributed by atoms with Gasteiger partial charge in [0.2, 0.25) is 0 Å². The summed E-state index contributed by atoms with van der Waals surface area (Å²) < 4.78 is 0. The number of carbonyl (C=O) groups excluding carboxylic acids is 1. The van der Waals surface area contributed by atoms with Crippen LogP contribution in [0.25, 0.3) is 0 Å². The van der Waals surface area contributed by atoms with Crippen molar-refractivity contribution in [2.75, 3.05) is 0 Å². The molecule has 0 bridgehead atoms. The van der Waals surface area contributed by atoms with Crippen molar-refractivity contribution in [3.63, 3.8) is 0 Å².